The standard InChI is InChI=1S/C44H51N5O9S2/c1-7-55-34(33-27-60-42(46-33)48-44(30-17-11-8-12-18-30,31-19-13-9-14-20-31)32-21-15-10-16-22-32)25-56-45-23-35(50)47-36-38(51)49-37(29(24-54-6)26-59-39(36)49)40(52)57-28(2)58-41(53)43(3,4)5/h8-22,27-28,34,36,39,45H,7,23-26H2,1-6H3,(H,46,48)(H,47,50)/t28?,34?,36?,39-/m0/s1. The van der Waals surface area contributed by atoms with Crippen molar-refractivity contribution in [1.82, 2.24) is 20.7 Å². The minimum absolute atomic E-state index is 0.0180. The molecular weight excluding hydrogens is 807 g/mol. The molecule has 4 aromatic rings. The first-order valence-electron chi connectivity index (χ1n) is 19.6. The molecule has 3 aromatic carbocycles. The van der Waals surface area contributed by atoms with Crippen LogP contribution in [-0.2, 0) is 48.5 Å². The van der Waals surface area contributed by atoms with Gasteiger partial charge in [0.1, 0.15) is 35.4 Å². The fourth-order valence-electron chi connectivity index (χ4n) is 6.84. The maximum absolute atomic E-state index is 13.4. The van der Waals surface area contributed by atoms with E-state index in [4.69, 9.17) is 28.8 Å². The van der Waals surface area contributed by atoms with Crippen molar-refractivity contribution >= 4 is 52.0 Å². The van der Waals surface area contributed by atoms with Crippen LogP contribution in [0.5, 0.6) is 0 Å². The minimum atomic E-state index is -1.19. The van der Waals surface area contributed by atoms with Gasteiger partial charge in [-0.05, 0) is 50.0 Å². The van der Waals surface area contributed by atoms with E-state index in [1.54, 1.807) is 20.8 Å². The molecule has 0 saturated carbocycles. The Bertz CT molecular complexity index is 2030. The molecule has 1 saturated heterocycles. The van der Waals surface area contributed by atoms with Crippen LogP contribution in [0.1, 0.15) is 63.1 Å². The molecule has 318 valence electrons. The summed E-state index contributed by atoms with van der Waals surface area (Å²) in [7, 11) is 1.48. The summed E-state index contributed by atoms with van der Waals surface area (Å²) < 4.78 is 22.0. The number of fused-ring (bicyclic) bond motifs is 1. The second-order valence-corrected chi connectivity index (χ2v) is 17.1. The Kier molecular flexibility index (Phi) is 14.8. The fourth-order valence-corrected chi connectivity index (χ4v) is 8.98. The fraction of sp³-hybridized carbons (Fsp3) is 0.386. The lowest BCUT2D eigenvalue weighted by Gasteiger charge is -2.49. The number of hydroxylamine groups is 1. The monoisotopic (exact) mass is 857 g/mol. The maximum atomic E-state index is 13.4. The van der Waals surface area contributed by atoms with Crippen LogP contribution in [-0.4, -0.2) is 90.6 Å². The number of methoxy groups -OCH3 is 1. The minimum Gasteiger partial charge on any atom is -0.425 e. The number of amides is 2. The van der Waals surface area contributed by atoms with E-state index in [2.05, 4.69) is 52.5 Å². The number of benzene rings is 3. The van der Waals surface area contributed by atoms with Crippen LogP contribution in [0.3, 0.4) is 0 Å². The molecule has 3 unspecified atom stereocenters. The van der Waals surface area contributed by atoms with E-state index in [1.807, 2.05) is 66.9 Å². The number of aromatic nitrogens is 1. The number of carbonyl (C=O) groups excluding carboxylic acids is 4. The summed E-state index contributed by atoms with van der Waals surface area (Å²) >= 11 is 2.84. The van der Waals surface area contributed by atoms with E-state index < -0.39 is 58.5 Å². The number of hydrogen-bond donors (Lipinski definition) is 3. The van der Waals surface area contributed by atoms with Crippen LogP contribution in [0, 0.1) is 5.41 Å². The summed E-state index contributed by atoms with van der Waals surface area (Å²) in [6.07, 6.45) is -1.75. The number of rotatable bonds is 19. The summed E-state index contributed by atoms with van der Waals surface area (Å²) in [6, 6.07) is 29.9. The number of thioether (sulfide) groups is 1. The molecule has 1 fully saturated rings. The Morgan fingerprint density at radius 1 is 0.917 bits per heavy atom. The van der Waals surface area contributed by atoms with E-state index in [-0.39, 0.29) is 25.5 Å². The molecule has 0 spiro atoms. The first kappa shape index (κ1) is 44.5. The molecule has 16 heteroatoms. The molecule has 6 rings (SSSR count). The van der Waals surface area contributed by atoms with Crippen LogP contribution >= 0.6 is 23.1 Å². The number of anilines is 1. The van der Waals surface area contributed by atoms with Crippen LogP contribution in [0.2, 0.25) is 0 Å². The highest BCUT2D eigenvalue weighted by atomic mass is 32.2. The highest BCUT2D eigenvalue weighted by Crippen LogP contribution is 2.42. The number of esters is 2. The van der Waals surface area contributed by atoms with Gasteiger partial charge in [0.25, 0.3) is 5.91 Å². The van der Waals surface area contributed by atoms with Gasteiger partial charge in [-0.1, -0.05) is 91.0 Å². The van der Waals surface area contributed by atoms with E-state index >= 15 is 0 Å². The second-order valence-electron chi connectivity index (χ2n) is 15.1. The predicted octanol–water partition coefficient (Wildman–Crippen LogP) is 5.92. The van der Waals surface area contributed by atoms with Crippen LogP contribution in [0.4, 0.5) is 5.13 Å². The molecule has 3 N–H and O–H groups in total. The van der Waals surface area contributed by atoms with E-state index in [9.17, 15) is 19.2 Å². The Hall–Kier alpha value is -5.10. The first-order chi connectivity index (χ1) is 28.9. The van der Waals surface area contributed by atoms with Gasteiger partial charge in [-0.25, -0.2) is 9.78 Å². The number of thiazole rings is 1. The van der Waals surface area contributed by atoms with Crippen LogP contribution in [0.15, 0.2) is 108 Å². The third kappa shape index (κ3) is 10.1. The second kappa shape index (κ2) is 20.0. The van der Waals surface area contributed by atoms with Crippen molar-refractivity contribution in [3.8, 4) is 0 Å². The van der Waals surface area contributed by atoms with Gasteiger partial charge in [-0.3, -0.25) is 24.1 Å². The van der Waals surface area contributed by atoms with Crippen molar-refractivity contribution in [2.75, 3.05) is 44.5 Å². The van der Waals surface area contributed by atoms with Crippen LogP contribution in [0.25, 0.3) is 0 Å². The normalized spacial score (nSPS) is 17.6. The molecule has 2 aliphatic heterocycles. The summed E-state index contributed by atoms with van der Waals surface area (Å²) in [6.45, 7) is 8.63. The van der Waals surface area contributed by atoms with Crippen LogP contribution < -0.4 is 16.1 Å². The van der Waals surface area contributed by atoms with Crippen molar-refractivity contribution in [3.63, 3.8) is 0 Å². The Morgan fingerprint density at radius 2 is 1.52 bits per heavy atom. The predicted molar refractivity (Wildman–Crippen MR) is 228 cm³/mol. The molecule has 14 nitrogen and oxygen atoms in total. The van der Waals surface area contributed by atoms with E-state index in [0.29, 0.717) is 28.8 Å². The lowest BCUT2D eigenvalue weighted by Crippen LogP contribution is -2.71. The van der Waals surface area contributed by atoms with E-state index in [1.165, 1.54) is 42.0 Å². The largest absolute Gasteiger partial charge is 0.425 e. The van der Waals surface area contributed by atoms with Gasteiger partial charge in [0.2, 0.25) is 12.2 Å². The first-order valence-corrected chi connectivity index (χ1v) is 21.5. The van der Waals surface area contributed by atoms with Crippen molar-refractivity contribution in [2.45, 2.75) is 64.0 Å². The lowest BCUT2D eigenvalue weighted by atomic mass is 9.77. The van der Waals surface area contributed by atoms with Crippen molar-refractivity contribution in [2.24, 2.45) is 5.41 Å². The van der Waals surface area contributed by atoms with Crippen molar-refractivity contribution in [1.29, 1.82) is 0 Å². The van der Waals surface area contributed by atoms with Crippen molar-refractivity contribution < 1.29 is 43.0 Å². The van der Waals surface area contributed by atoms with Gasteiger partial charge in [0, 0.05) is 31.8 Å². The summed E-state index contributed by atoms with van der Waals surface area (Å²) in [5, 5.41) is 8.58. The van der Waals surface area contributed by atoms with Gasteiger partial charge >= 0.3 is 11.9 Å². The molecule has 2 amide bonds. The number of nitrogens with zero attached hydrogens (tertiary/aromatic N) is 2. The zero-order valence-electron chi connectivity index (χ0n) is 34.5. The Labute approximate surface area is 358 Å². The quantitative estimate of drug-likeness (QED) is 0.0254. The third-order valence-electron chi connectivity index (χ3n) is 9.74. The molecule has 0 radical (unpaired) electrons. The number of β-lactam (4-membered cyclic amide) rings is 1. The van der Waals surface area contributed by atoms with Gasteiger partial charge in [-0.2, -0.15) is 5.48 Å². The average molecular weight is 858 g/mol. The third-order valence-corrected chi connectivity index (χ3v) is 11.9. The molecule has 3 heterocycles. The lowest BCUT2D eigenvalue weighted by molar-refractivity contribution is -0.190. The summed E-state index contributed by atoms with van der Waals surface area (Å²) in [4.78, 5) is 64.1. The Morgan fingerprint density at radius 3 is 2.07 bits per heavy atom. The topological polar surface area (TPSA) is 167 Å². The number of nitrogens with one attached hydrogen (secondary N) is 3. The smallest absolute Gasteiger partial charge is 0.358 e. The van der Waals surface area contributed by atoms with Gasteiger partial charge in [0.05, 0.1) is 24.3 Å². The zero-order valence-corrected chi connectivity index (χ0v) is 36.1. The average Bonchev–Trinajstić information content (AvgIpc) is 3.71. The molecule has 2 aliphatic rings. The molecule has 60 heavy (non-hydrogen) atoms. The summed E-state index contributed by atoms with van der Waals surface area (Å²) in [5.41, 5.74) is 5.49. The SMILES string of the molecule is CCOC(CONCC(=O)NC1C(=O)N2C(C(=O)OC(C)OC(=O)C(C)(C)C)=C(COC)CS[C@@H]12)c1csc(NC(c2ccccc2)(c2ccccc2)c2ccccc2)n1. The molecule has 0 aliphatic carbocycles. The zero-order chi connectivity index (χ0) is 42.9. The van der Waals surface area contributed by atoms with Gasteiger partial charge in [-0.15, -0.1) is 23.1 Å². The van der Waals surface area contributed by atoms with Gasteiger partial charge < -0.3 is 29.6 Å². The van der Waals surface area contributed by atoms with Crippen molar-refractivity contribution in [3.05, 3.63) is 130 Å². The Balaban J connectivity index is 1.06. The molecule has 4 atom stereocenters. The van der Waals surface area contributed by atoms with E-state index in [0.717, 1.165) is 16.7 Å². The molecule has 0 bridgehead atoms. The maximum Gasteiger partial charge on any atom is 0.358 e. The molecule has 1 aromatic heterocycles. The van der Waals surface area contributed by atoms with Gasteiger partial charge in [0.15, 0.2) is 5.13 Å². The summed E-state index contributed by atoms with van der Waals surface area (Å²) in [5.74, 6) is -1.99. The number of hydrogen-bond acceptors (Lipinski definition) is 14. The molecular formula is C44H51N5O9S2. The highest BCUT2D eigenvalue weighted by molar-refractivity contribution is 8.00. The number of ether oxygens (including phenoxy) is 4. The number of carbonyl (C=O) groups is 4. The highest BCUT2D eigenvalue weighted by Gasteiger charge is 2.54.